The van der Waals surface area contributed by atoms with Gasteiger partial charge in [-0.25, -0.2) is 0 Å². The number of hydrogen-bond acceptors (Lipinski definition) is 3. The highest BCUT2D eigenvalue weighted by Crippen LogP contribution is 2.35. The molecule has 0 amide bonds. The molecule has 66 valence electrons. The van der Waals surface area contributed by atoms with E-state index in [2.05, 4.69) is 0 Å². The summed E-state index contributed by atoms with van der Waals surface area (Å²) in [6.45, 7) is 0. The van der Waals surface area contributed by atoms with Crippen LogP contribution in [0.4, 0.5) is 0 Å². The van der Waals surface area contributed by atoms with Crippen LogP contribution in [0.15, 0.2) is 0 Å². The topological polar surface area (TPSA) is 54.4 Å². The first-order valence-corrected chi connectivity index (χ1v) is 4.43. The molecule has 0 aromatic heterocycles. The summed E-state index contributed by atoms with van der Waals surface area (Å²) in [6, 6.07) is 0. The number of rotatable bonds is 0. The predicted molar refractivity (Wildman–Crippen MR) is 41.5 cm³/mol. The summed E-state index contributed by atoms with van der Waals surface area (Å²) >= 11 is 0. The van der Waals surface area contributed by atoms with Crippen molar-refractivity contribution < 1.29 is 14.7 Å². The largest absolute Gasteiger partial charge is 0.385 e. The van der Waals surface area contributed by atoms with Gasteiger partial charge in [0.1, 0.15) is 11.9 Å². The fraction of sp³-hybridized carbons (Fsp3) is 0.778. The molecule has 0 aliphatic heterocycles. The molecule has 3 atom stereocenters. The van der Waals surface area contributed by atoms with E-state index in [0.717, 1.165) is 0 Å². The molecule has 0 heterocycles. The van der Waals surface area contributed by atoms with Gasteiger partial charge in [-0.15, -0.1) is 0 Å². The molecule has 2 saturated carbocycles. The monoisotopic (exact) mass is 168 g/mol. The Labute approximate surface area is 70.8 Å². The Hall–Kier alpha value is -0.700. The summed E-state index contributed by atoms with van der Waals surface area (Å²) in [5.41, 5.74) is 0. The van der Waals surface area contributed by atoms with Crippen LogP contribution >= 0.6 is 0 Å². The van der Waals surface area contributed by atoms with Gasteiger partial charge in [-0.1, -0.05) is 0 Å². The Bertz CT molecular complexity index is 232. The smallest absolute Gasteiger partial charge is 0.164 e. The molecule has 0 spiro atoms. The van der Waals surface area contributed by atoms with Gasteiger partial charge in [0.25, 0.3) is 0 Å². The van der Waals surface area contributed by atoms with E-state index in [1.54, 1.807) is 0 Å². The number of hydrogen-bond donors (Lipinski definition) is 1. The quantitative estimate of drug-likeness (QED) is 0.566. The van der Waals surface area contributed by atoms with E-state index in [1.807, 2.05) is 0 Å². The Kier molecular flexibility index (Phi) is 1.76. The first-order valence-electron chi connectivity index (χ1n) is 4.43. The maximum absolute atomic E-state index is 11.3. The van der Waals surface area contributed by atoms with Gasteiger partial charge in [-0.2, -0.15) is 0 Å². The SMILES string of the molecule is O=C1CC[C@H]2C[C@@H]1C[C@@H](O)C2=O. The summed E-state index contributed by atoms with van der Waals surface area (Å²) in [6.07, 6.45) is 1.39. The number of carbonyl (C=O) groups is 2. The average molecular weight is 168 g/mol. The predicted octanol–water partition coefficient (Wildman–Crippen LogP) is 0.305. The average Bonchev–Trinajstić information content (AvgIpc) is 2.06. The zero-order valence-electron chi connectivity index (χ0n) is 6.82. The van der Waals surface area contributed by atoms with Crippen LogP contribution in [0.3, 0.4) is 0 Å². The summed E-state index contributed by atoms with van der Waals surface area (Å²) in [5.74, 6) is 0.129. The van der Waals surface area contributed by atoms with Crippen molar-refractivity contribution in [3.05, 3.63) is 0 Å². The van der Waals surface area contributed by atoms with E-state index < -0.39 is 6.10 Å². The molecule has 3 nitrogen and oxygen atoms in total. The molecule has 12 heavy (non-hydrogen) atoms. The van der Waals surface area contributed by atoms with Gasteiger partial charge in [0.05, 0.1) is 0 Å². The molecule has 2 aliphatic rings. The molecule has 0 saturated heterocycles. The number of aliphatic hydroxyl groups excluding tert-OH is 1. The fourth-order valence-electron chi connectivity index (χ4n) is 2.26. The molecule has 2 rings (SSSR count). The van der Waals surface area contributed by atoms with Gasteiger partial charge in [0, 0.05) is 18.3 Å². The molecule has 2 aliphatic carbocycles. The number of ketones is 2. The van der Waals surface area contributed by atoms with E-state index >= 15 is 0 Å². The van der Waals surface area contributed by atoms with Crippen LogP contribution in [0.25, 0.3) is 0 Å². The van der Waals surface area contributed by atoms with E-state index in [-0.39, 0.29) is 23.4 Å². The number of aliphatic hydroxyl groups is 1. The Morgan fingerprint density at radius 2 is 1.92 bits per heavy atom. The molecule has 0 radical (unpaired) electrons. The standard InChI is InChI=1S/C9H12O3/c10-7-2-1-5-3-6(7)4-8(11)9(5)12/h5-6,8,11H,1-4H2/t5-,6+,8+/m0/s1. The van der Waals surface area contributed by atoms with Gasteiger partial charge in [0.2, 0.25) is 0 Å². The minimum atomic E-state index is -0.863. The first kappa shape index (κ1) is 7.92. The zero-order valence-corrected chi connectivity index (χ0v) is 6.82. The third-order valence-corrected chi connectivity index (χ3v) is 3.00. The number of Topliss-reactive ketones (excluding diaryl/α,β-unsaturated/α-hetero) is 2. The zero-order chi connectivity index (χ0) is 8.72. The molecule has 3 heteroatoms. The Morgan fingerprint density at radius 1 is 1.17 bits per heavy atom. The lowest BCUT2D eigenvalue weighted by molar-refractivity contribution is -0.143. The molecule has 2 bridgehead atoms. The molecular weight excluding hydrogens is 156 g/mol. The molecule has 2 fully saturated rings. The maximum atomic E-state index is 11.3. The lowest BCUT2D eigenvalue weighted by Crippen LogP contribution is -2.42. The number of fused-ring (bicyclic) bond motifs is 2. The Morgan fingerprint density at radius 3 is 2.67 bits per heavy atom. The summed E-state index contributed by atoms with van der Waals surface area (Å²) < 4.78 is 0. The van der Waals surface area contributed by atoms with Gasteiger partial charge >= 0.3 is 0 Å². The van der Waals surface area contributed by atoms with Crippen molar-refractivity contribution in [2.45, 2.75) is 31.8 Å². The molecule has 0 aromatic carbocycles. The lowest BCUT2D eigenvalue weighted by Gasteiger charge is -2.34. The van der Waals surface area contributed by atoms with Crippen LogP contribution in [0.5, 0.6) is 0 Å². The third kappa shape index (κ3) is 1.08. The highest BCUT2D eigenvalue weighted by molar-refractivity contribution is 5.92. The van der Waals surface area contributed by atoms with E-state index in [1.165, 1.54) is 0 Å². The van der Waals surface area contributed by atoms with Crippen molar-refractivity contribution in [2.75, 3.05) is 0 Å². The van der Waals surface area contributed by atoms with E-state index in [4.69, 9.17) is 0 Å². The van der Waals surface area contributed by atoms with Crippen molar-refractivity contribution in [1.29, 1.82) is 0 Å². The van der Waals surface area contributed by atoms with Crippen molar-refractivity contribution in [1.82, 2.24) is 0 Å². The normalized spacial score (nSPS) is 41.6. The summed E-state index contributed by atoms with van der Waals surface area (Å²) in [7, 11) is 0. The molecule has 1 N–H and O–H groups in total. The van der Waals surface area contributed by atoms with Crippen LogP contribution in [0.1, 0.15) is 25.7 Å². The summed E-state index contributed by atoms with van der Waals surface area (Å²) in [4.78, 5) is 22.5. The summed E-state index contributed by atoms with van der Waals surface area (Å²) in [5, 5.41) is 9.30. The molecule has 0 unspecified atom stereocenters. The van der Waals surface area contributed by atoms with E-state index in [9.17, 15) is 14.7 Å². The van der Waals surface area contributed by atoms with Crippen LogP contribution in [0, 0.1) is 11.8 Å². The van der Waals surface area contributed by atoms with Crippen molar-refractivity contribution in [3.8, 4) is 0 Å². The second-order valence-electron chi connectivity index (χ2n) is 3.79. The maximum Gasteiger partial charge on any atom is 0.164 e. The molecule has 0 aromatic rings. The van der Waals surface area contributed by atoms with Crippen LogP contribution in [0.2, 0.25) is 0 Å². The highest BCUT2D eigenvalue weighted by atomic mass is 16.3. The minimum absolute atomic E-state index is 0.0311. The van der Waals surface area contributed by atoms with E-state index in [0.29, 0.717) is 25.7 Å². The van der Waals surface area contributed by atoms with Crippen LogP contribution < -0.4 is 0 Å². The third-order valence-electron chi connectivity index (χ3n) is 3.00. The van der Waals surface area contributed by atoms with Gasteiger partial charge < -0.3 is 5.11 Å². The lowest BCUT2D eigenvalue weighted by atomic mass is 9.70. The second kappa shape index (κ2) is 2.66. The van der Waals surface area contributed by atoms with Gasteiger partial charge in [0.15, 0.2) is 5.78 Å². The van der Waals surface area contributed by atoms with Crippen LogP contribution in [-0.2, 0) is 9.59 Å². The van der Waals surface area contributed by atoms with Gasteiger partial charge in [-0.3, -0.25) is 9.59 Å². The van der Waals surface area contributed by atoms with Crippen molar-refractivity contribution >= 4 is 11.6 Å². The highest BCUT2D eigenvalue weighted by Gasteiger charge is 2.41. The van der Waals surface area contributed by atoms with Crippen molar-refractivity contribution in [2.24, 2.45) is 11.8 Å². The molecular formula is C9H12O3. The Balaban J connectivity index is 2.18. The van der Waals surface area contributed by atoms with Gasteiger partial charge in [-0.05, 0) is 19.3 Å². The second-order valence-corrected chi connectivity index (χ2v) is 3.79. The minimum Gasteiger partial charge on any atom is -0.385 e. The first-order chi connectivity index (χ1) is 5.68. The fourth-order valence-corrected chi connectivity index (χ4v) is 2.26. The van der Waals surface area contributed by atoms with Crippen molar-refractivity contribution in [3.63, 3.8) is 0 Å². The van der Waals surface area contributed by atoms with Crippen LogP contribution in [-0.4, -0.2) is 22.8 Å². The number of carbonyl (C=O) groups excluding carboxylic acids is 2.